The molecule has 3 aliphatic rings. The highest BCUT2D eigenvalue weighted by Crippen LogP contribution is 2.36. The maximum absolute atomic E-state index is 12.3. The van der Waals surface area contributed by atoms with Crippen LogP contribution < -0.4 is 4.74 Å². The first-order valence-electron chi connectivity index (χ1n) is 12.0. The van der Waals surface area contributed by atoms with Crippen molar-refractivity contribution >= 4 is 22.4 Å². The lowest BCUT2D eigenvalue weighted by Gasteiger charge is -2.34. The second-order valence-electron chi connectivity index (χ2n) is 9.41. The van der Waals surface area contributed by atoms with E-state index < -0.39 is 0 Å². The molecule has 1 amide bonds. The summed E-state index contributed by atoms with van der Waals surface area (Å²) in [6.45, 7) is 5.75. The van der Waals surface area contributed by atoms with Crippen LogP contribution in [-0.4, -0.2) is 47.2 Å². The molecule has 5 heteroatoms. The minimum absolute atomic E-state index is 0.0725. The van der Waals surface area contributed by atoms with Crippen LogP contribution in [0.5, 0.6) is 5.75 Å². The topological polar surface area (TPSA) is 51.7 Å². The number of rotatable bonds is 6. The lowest BCUT2D eigenvalue weighted by molar-refractivity contribution is -0.135. The molecule has 5 nitrogen and oxygen atoms in total. The summed E-state index contributed by atoms with van der Waals surface area (Å²) in [7, 11) is 0. The number of hydrogen-bond acceptors (Lipinski definition) is 4. The maximum Gasteiger partial charge on any atom is 0.225 e. The van der Waals surface area contributed by atoms with Crippen LogP contribution in [0.4, 0.5) is 0 Å². The van der Waals surface area contributed by atoms with Crippen molar-refractivity contribution in [2.45, 2.75) is 64.3 Å². The van der Waals surface area contributed by atoms with Crippen molar-refractivity contribution in [3.05, 3.63) is 54.3 Å². The third-order valence-corrected chi connectivity index (χ3v) is 6.50. The third kappa shape index (κ3) is 4.58. The molecule has 1 saturated heterocycles. The number of nitrogens with zero attached hydrogens (tertiary/aromatic N) is 2. The van der Waals surface area contributed by atoms with Gasteiger partial charge in [-0.15, -0.1) is 0 Å². The van der Waals surface area contributed by atoms with Gasteiger partial charge in [0, 0.05) is 36.2 Å². The molecule has 32 heavy (non-hydrogen) atoms. The Balaban J connectivity index is 1.24. The molecule has 0 N–H and O–H groups in total. The zero-order valence-corrected chi connectivity index (χ0v) is 19.0. The van der Waals surface area contributed by atoms with Gasteiger partial charge in [0.25, 0.3) is 0 Å². The molecule has 1 aliphatic heterocycles. The highest BCUT2D eigenvalue weighted by molar-refractivity contribution is 5.92. The molecule has 2 heterocycles. The van der Waals surface area contributed by atoms with E-state index in [1.807, 2.05) is 31.0 Å². The van der Waals surface area contributed by atoms with Gasteiger partial charge in [-0.05, 0) is 63.7 Å². The second kappa shape index (κ2) is 9.07. The molecule has 2 fully saturated rings. The molecule has 0 spiro atoms. The van der Waals surface area contributed by atoms with Gasteiger partial charge in [-0.1, -0.05) is 30.4 Å². The summed E-state index contributed by atoms with van der Waals surface area (Å²) in [4.78, 5) is 18.9. The smallest absolute Gasteiger partial charge is 0.225 e. The Morgan fingerprint density at radius 3 is 2.62 bits per heavy atom. The van der Waals surface area contributed by atoms with Gasteiger partial charge >= 0.3 is 0 Å². The molecule has 0 bridgehead atoms. The number of aromatic nitrogens is 1. The van der Waals surface area contributed by atoms with Crippen LogP contribution in [0.15, 0.2) is 48.7 Å². The minimum Gasteiger partial charge on any atom is -0.488 e. The van der Waals surface area contributed by atoms with Gasteiger partial charge in [-0.2, -0.15) is 0 Å². The number of piperidine rings is 1. The Labute approximate surface area is 190 Å². The van der Waals surface area contributed by atoms with Crippen LogP contribution in [0, 0.1) is 5.92 Å². The molecule has 1 unspecified atom stereocenters. The Hall–Kier alpha value is -2.66. The molecule has 1 saturated carbocycles. The monoisotopic (exact) mass is 432 g/mol. The van der Waals surface area contributed by atoms with Crippen molar-refractivity contribution < 1.29 is 14.3 Å². The first-order chi connectivity index (χ1) is 15.6. The highest BCUT2D eigenvalue weighted by atomic mass is 16.5. The lowest BCUT2D eigenvalue weighted by atomic mass is 9.96. The Morgan fingerprint density at radius 2 is 1.94 bits per heavy atom. The average molecular weight is 433 g/mol. The summed E-state index contributed by atoms with van der Waals surface area (Å²) in [6, 6.07) is 8.26. The Morgan fingerprint density at radius 1 is 1.12 bits per heavy atom. The molecule has 1 aromatic heterocycles. The second-order valence-corrected chi connectivity index (χ2v) is 9.41. The van der Waals surface area contributed by atoms with E-state index in [1.165, 1.54) is 0 Å². The van der Waals surface area contributed by atoms with E-state index in [9.17, 15) is 4.79 Å². The Bertz CT molecular complexity index is 1050. The van der Waals surface area contributed by atoms with E-state index in [4.69, 9.17) is 9.47 Å². The van der Waals surface area contributed by atoms with E-state index in [0.29, 0.717) is 11.8 Å². The van der Waals surface area contributed by atoms with E-state index in [0.717, 1.165) is 73.0 Å². The quantitative estimate of drug-likeness (QED) is 0.633. The van der Waals surface area contributed by atoms with Crippen LogP contribution in [0.1, 0.15) is 51.5 Å². The normalized spacial score (nSPS) is 21.8. The summed E-state index contributed by atoms with van der Waals surface area (Å²) >= 11 is 0. The summed E-state index contributed by atoms with van der Waals surface area (Å²) in [5, 5.41) is 1.08. The number of hydrogen-bond donors (Lipinski definition) is 0. The zero-order valence-electron chi connectivity index (χ0n) is 19.0. The summed E-state index contributed by atoms with van der Waals surface area (Å²) in [5.74, 6) is 1.52. The fourth-order valence-electron chi connectivity index (χ4n) is 4.65. The maximum atomic E-state index is 12.3. The predicted octanol–water partition coefficient (Wildman–Crippen LogP) is 5.15. The molecule has 2 aromatic rings. The summed E-state index contributed by atoms with van der Waals surface area (Å²) in [6.07, 6.45) is 13.6. The van der Waals surface area contributed by atoms with Crippen molar-refractivity contribution in [2.24, 2.45) is 5.92 Å². The number of ether oxygens (including phenoxy) is 2. The fraction of sp³-hybridized carbons (Fsp3) is 0.481. The van der Waals surface area contributed by atoms with Gasteiger partial charge in [0.05, 0.1) is 18.3 Å². The van der Waals surface area contributed by atoms with Crippen LogP contribution in [0.2, 0.25) is 0 Å². The first kappa shape index (κ1) is 21.2. The summed E-state index contributed by atoms with van der Waals surface area (Å²) < 4.78 is 12.6. The standard InChI is InChI=1S/C27H32N2O3/c1-18(2)31-26-24(12-9-20-4-3-15-28-25(20)26)19-7-10-22(11-8-19)32-23-13-16-29(17-14-23)27(30)21-5-6-21/h3-4,7-10,12,15,18,21-23H,5-6,11,13-14,16-17H2,1-2H3. The zero-order chi connectivity index (χ0) is 22.1. The Kier molecular flexibility index (Phi) is 6.01. The number of allylic oxidation sites excluding steroid dienone is 2. The lowest BCUT2D eigenvalue weighted by Crippen LogP contribution is -2.42. The van der Waals surface area contributed by atoms with Crippen molar-refractivity contribution in [2.75, 3.05) is 13.1 Å². The molecular weight excluding hydrogens is 400 g/mol. The first-order valence-corrected chi connectivity index (χ1v) is 12.0. The van der Waals surface area contributed by atoms with Crippen LogP contribution in [-0.2, 0) is 9.53 Å². The summed E-state index contributed by atoms with van der Waals surface area (Å²) in [5.41, 5.74) is 3.13. The van der Waals surface area contributed by atoms with Crippen molar-refractivity contribution in [3.8, 4) is 5.75 Å². The van der Waals surface area contributed by atoms with Gasteiger partial charge in [0.15, 0.2) is 5.75 Å². The van der Waals surface area contributed by atoms with Crippen LogP contribution in [0.3, 0.4) is 0 Å². The number of carbonyl (C=O) groups excluding carboxylic acids is 1. The number of pyridine rings is 1. The van der Waals surface area contributed by atoms with E-state index in [2.05, 4.69) is 41.4 Å². The number of fused-ring (bicyclic) bond motifs is 1. The molecule has 1 aromatic carbocycles. The fourth-order valence-corrected chi connectivity index (χ4v) is 4.65. The van der Waals surface area contributed by atoms with Crippen LogP contribution in [0.25, 0.3) is 16.5 Å². The number of carbonyl (C=O) groups is 1. The number of likely N-dealkylation sites (tertiary alicyclic amines) is 1. The van der Waals surface area contributed by atoms with Gasteiger partial charge in [0.1, 0.15) is 5.52 Å². The number of benzene rings is 1. The third-order valence-electron chi connectivity index (χ3n) is 6.50. The predicted molar refractivity (Wildman–Crippen MR) is 126 cm³/mol. The average Bonchev–Trinajstić information content (AvgIpc) is 3.65. The van der Waals surface area contributed by atoms with Crippen molar-refractivity contribution in [3.63, 3.8) is 0 Å². The SMILES string of the molecule is CC(C)Oc1c(C2=CCC(OC3CCN(C(=O)C4CC4)CC3)C=C2)ccc2cccnc12. The molecule has 168 valence electrons. The van der Waals surface area contributed by atoms with Gasteiger partial charge < -0.3 is 14.4 Å². The van der Waals surface area contributed by atoms with Gasteiger partial charge in [-0.3, -0.25) is 9.78 Å². The van der Waals surface area contributed by atoms with Crippen molar-refractivity contribution in [1.29, 1.82) is 0 Å². The largest absolute Gasteiger partial charge is 0.488 e. The van der Waals surface area contributed by atoms with E-state index in [1.54, 1.807) is 0 Å². The van der Waals surface area contributed by atoms with E-state index in [-0.39, 0.29) is 18.3 Å². The highest BCUT2D eigenvalue weighted by Gasteiger charge is 2.35. The van der Waals surface area contributed by atoms with Gasteiger partial charge in [-0.25, -0.2) is 0 Å². The molecule has 0 radical (unpaired) electrons. The van der Waals surface area contributed by atoms with Crippen molar-refractivity contribution in [1.82, 2.24) is 9.88 Å². The van der Waals surface area contributed by atoms with Crippen LogP contribution >= 0.6 is 0 Å². The molecule has 5 rings (SSSR count). The minimum atomic E-state index is 0.0725. The van der Waals surface area contributed by atoms with E-state index >= 15 is 0 Å². The molecule has 2 aliphatic carbocycles. The molecular formula is C27H32N2O3. The van der Waals surface area contributed by atoms with Gasteiger partial charge in [0.2, 0.25) is 5.91 Å². The molecule has 1 atom stereocenters. The number of amides is 1.